The summed E-state index contributed by atoms with van der Waals surface area (Å²) in [7, 11) is -3.57. The molecular weight excluding hydrogens is 474 g/mol. The average molecular weight is 492 g/mol. The molecule has 0 atom stereocenters. The molecule has 13 heteroatoms. The summed E-state index contributed by atoms with van der Waals surface area (Å²) in [4.78, 5) is 16.3. The molecule has 2 aromatic heterocycles. The van der Waals surface area contributed by atoms with E-state index in [1.165, 1.54) is 18.7 Å². The van der Waals surface area contributed by atoms with Gasteiger partial charge in [0.25, 0.3) is 0 Å². The minimum absolute atomic E-state index is 0.0926. The molecule has 1 saturated carbocycles. The summed E-state index contributed by atoms with van der Waals surface area (Å²) in [5.41, 5.74) is 0.980. The van der Waals surface area contributed by atoms with Crippen molar-refractivity contribution in [2.45, 2.75) is 18.1 Å². The lowest BCUT2D eigenvalue weighted by atomic mass is 10.1. The highest BCUT2D eigenvalue weighted by Gasteiger charge is 2.37. The lowest BCUT2D eigenvalue weighted by Crippen LogP contribution is -2.19. The van der Waals surface area contributed by atoms with Crippen molar-refractivity contribution in [3.8, 4) is 34.5 Å². The lowest BCUT2D eigenvalue weighted by molar-refractivity contribution is 0.174. The van der Waals surface area contributed by atoms with Crippen molar-refractivity contribution in [2.75, 3.05) is 24.7 Å². The topological polar surface area (TPSA) is 135 Å². The normalized spacial score (nSPS) is 14.7. The van der Waals surface area contributed by atoms with Crippen molar-refractivity contribution in [1.29, 1.82) is 0 Å². The smallest absolute Gasteiger partial charge is 0.316 e. The van der Waals surface area contributed by atoms with Crippen molar-refractivity contribution < 1.29 is 27.4 Å². The number of nitrogens with one attached hydrogen (secondary N) is 1. The van der Waals surface area contributed by atoms with Crippen LogP contribution in [0.2, 0.25) is 5.02 Å². The van der Waals surface area contributed by atoms with Gasteiger partial charge in [0.1, 0.15) is 19.5 Å². The molecule has 0 amide bonds. The molecule has 3 aromatic rings. The number of sulfonamides is 1. The molecule has 1 aromatic carbocycles. The highest BCUT2D eigenvalue weighted by atomic mass is 35.5. The second-order valence-electron chi connectivity index (χ2n) is 7.20. The fourth-order valence-corrected chi connectivity index (χ4v) is 4.56. The molecule has 0 saturated heterocycles. The molecule has 0 unspecified atom stereocenters. The summed E-state index contributed by atoms with van der Waals surface area (Å²) in [5, 5.41) is -0.0247. The number of rotatable bonds is 9. The van der Waals surface area contributed by atoms with Crippen LogP contribution in [-0.4, -0.2) is 53.6 Å². The van der Waals surface area contributed by atoms with Crippen LogP contribution in [0.25, 0.3) is 11.1 Å². The number of aromatic nitrogens is 4. The van der Waals surface area contributed by atoms with E-state index in [0.29, 0.717) is 40.5 Å². The quantitative estimate of drug-likeness (QED) is 0.445. The van der Waals surface area contributed by atoms with Gasteiger partial charge in [-0.05, 0) is 30.5 Å². The van der Waals surface area contributed by atoms with Crippen molar-refractivity contribution in [3.63, 3.8) is 0 Å². The van der Waals surface area contributed by atoms with Crippen molar-refractivity contribution in [3.05, 3.63) is 41.9 Å². The molecule has 0 radical (unpaired) electrons. The van der Waals surface area contributed by atoms with Gasteiger partial charge in [0.05, 0.1) is 28.2 Å². The molecule has 11 nitrogen and oxygen atoms in total. The first-order valence-electron chi connectivity index (χ1n) is 9.99. The molecule has 0 spiro atoms. The Labute approximate surface area is 194 Å². The van der Waals surface area contributed by atoms with E-state index in [-0.39, 0.29) is 37.7 Å². The van der Waals surface area contributed by atoms with Crippen LogP contribution >= 0.6 is 11.6 Å². The zero-order valence-electron chi connectivity index (χ0n) is 17.1. The van der Waals surface area contributed by atoms with Gasteiger partial charge in [-0.25, -0.2) is 28.4 Å². The molecule has 0 bridgehead atoms. The number of hydrogen-bond donors (Lipinski definition) is 1. The summed E-state index contributed by atoms with van der Waals surface area (Å²) in [6.45, 7) is 0.323. The minimum atomic E-state index is -3.57. The van der Waals surface area contributed by atoms with E-state index in [9.17, 15) is 8.42 Å². The Morgan fingerprint density at radius 2 is 1.79 bits per heavy atom. The van der Waals surface area contributed by atoms with Gasteiger partial charge in [-0.2, -0.15) is 0 Å². The highest BCUT2D eigenvalue weighted by molar-refractivity contribution is 7.93. The fraction of sp³-hybridized carbons (Fsp3) is 0.300. The van der Waals surface area contributed by atoms with Gasteiger partial charge in [0, 0.05) is 0 Å². The number of nitrogens with zero attached hydrogens (tertiary/aromatic N) is 4. The fourth-order valence-electron chi connectivity index (χ4n) is 3.11. The number of hydrogen-bond acceptors (Lipinski definition) is 10. The molecule has 33 heavy (non-hydrogen) atoms. The molecule has 1 fully saturated rings. The number of benzene rings is 1. The average Bonchev–Trinajstić information content (AvgIpc) is 3.57. The van der Waals surface area contributed by atoms with Crippen molar-refractivity contribution >= 4 is 27.4 Å². The van der Waals surface area contributed by atoms with E-state index in [0.717, 1.165) is 0 Å². The maximum absolute atomic E-state index is 12.6. The van der Waals surface area contributed by atoms with Crippen LogP contribution < -0.4 is 23.7 Å². The van der Waals surface area contributed by atoms with Gasteiger partial charge in [-0.3, -0.25) is 4.72 Å². The number of ether oxygens (including phenoxy) is 4. The first-order chi connectivity index (χ1) is 16.0. The number of halogens is 1. The van der Waals surface area contributed by atoms with E-state index in [1.54, 1.807) is 18.2 Å². The second-order valence-corrected chi connectivity index (χ2v) is 9.59. The zero-order valence-corrected chi connectivity index (χ0v) is 18.7. The summed E-state index contributed by atoms with van der Waals surface area (Å²) in [6.07, 6.45) is 5.32. The summed E-state index contributed by atoms with van der Waals surface area (Å²) in [6, 6.07) is 5.36. The monoisotopic (exact) mass is 491 g/mol. The Hall–Kier alpha value is -3.38. The predicted octanol–water partition coefficient (Wildman–Crippen LogP) is 2.68. The molecule has 172 valence electrons. The highest BCUT2D eigenvalue weighted by Crippen LogP contribution is 2.41. The van der Waals surface area contributed by atoms with Gasteiger partial charge < -0.3 is 18.9 Å². The van der Waals surface area contributed by atoms with Gasteiger partial charge in [-0.15, -0.1) is 0 Å². The maximum Gasteiger partial charge on any atom is 0.316 e. The Morgan fingerprint density at radius 3 is 2.58 bits per heavy atom. The Morgan fingerprint density at radius 1 is 1.03 bits per heavy atom. The second kappa shape index (κ2) is 8.87. The maximum atomic E-state index is 12.6. The SMILES string of the molecule is O=S(=O)(Nc1ncnc(OCCOc2ncc(Cl)cn2)c1-c1ccc2c(c1)OCO2)C1CC1. The molecule has 3 heterocycles. The Balaban J connectivity index is 1.40. The van der Waals surface area contributed by atoms with Crippen LogP contribution in [0.1, 0.15) is 12.8 Å². The Bertz CT molecular complexity index is 1270. The van der Waals surface area contributed by atoms with Gasteiger partial charge in [-0.1, -0.05) is 17.7 Å². The van der Waals surface area contributed by atoms with Gasteiger partial charge in [0.2, 0.25) is 22.7 Å². The van der Waals surface area contributed by atoms with E-state index in [1.807, 2.05) is 0 Å². The molecule has 2 aliphatic rings. The molecule has 5 rings (SSSR count). The van der Waals surface area contributed by atoms with Crippen molar-refractivity contribution in [1.82, 2.24) is 19.9 Å². The van der Waals surface area contributed by atoms with Crippen molar-refractivity contribution in [2.24, 2.45) is 0 Å². The zero-order chi connectivity index (χ0) is 22.8. The Kier molecular flexibility index (Phi) is 5.77. The van der Waals surface area contributed by atoms with Crippen LogP contribution in [0.5, 0.6) is 23.4 Å². The summed E-state index contributed by atoms with van der Waals surface area (Å²) < 4.78 is 49.8. The molecule has 1 N–H and O–H groups in total. The van der Waals surface area contributed by atoms with Crippen LogP contribution in [0, 0.1) is 0 Å². The first kappa shape index (κ1) is 21.5. The van der Waals surface area contributed by atoms with Gasteiger partial charge in [0.15, 0.2) is 17.3 Å². The third-order valence-electron chi connectivity index (χ3n) is 4.83. The lowest BCUT2D eigenvalue weighted by Gasteiger charge is -2.15. The van der Waals surface area contributed by atoms with E-state index in [2.05, 4.69) is 24.7 Å². The minimum Gasteiger partial charge on any atom is -0.473 e. The third kappa shape index (κ3) is 4.86. The van der Waals surface area contributed by atoms with Crippen LogP contribution in [0.15, 0.2) is 36.9 Å². The van der Waals surface area contributed by atoms with Gasteiger partial charge >= 0.3 is 6.01 Å². The summed E-state index contributed by atoms with van der Waals surface area (Å²) in [5.74, 6) is 1.42. The number of fused-ring (bicyclic) bond motifs is 1. The number of anilines is 1. The molecular formula is C20H18ClN5O6S. The molecule has 1 aliphatic carbocycles. The standard InChI is InChI=1S/C20H18ClN5O6S/c21-13-8-22-20(23-9-13)30-6-5-29-19-17(12-1-4-15-16(7-12)32-11-31-15)18(24-10-25-19)26-33(27,28)14-2-3-14/h1,4,7-10,14H,2-3,5-6,11H2,(H,24,25,26). The van der Waals surface area contributed by atoms with Crippen LogP contribution in [0.4, 0.5) is 5.82 Å². The van der Waals surface area contributed by atoms with Crippen LogP contribution in [0.3, 0.4) is 0 Å². The van der Waals surface area contributed by atoms with E-state index < -0.39 is 15.3 Å². The van der Waals surface area contributed by atoms with E-state index in [4.69, 9.17) is 30.5 Å². The molecule has 1 aliphatic heterocycles. The third-order valence-corrected chi connectivity index (χ3v) is 6.85. The summed E-state index contributed by atoms with van der Waals surface area (Å²) >= 11 is 5.76. The van der Waals surface area contributed by atoms with E-state index >= 15 is 0 Å². The van der Waals surface area contributed by atoms with Crippen LogP contribution in [-0.2, 0) is 10.0 Å². The predicted molar refractivity (Wildman–Crippen MR) is 117 cm³/mol. The first-order valence-corrected chi connectivity index (χ1v) is 11.9. The largest absolute Gasteiger partial charge is 0.473 e.